The van der Waals surface area contributed by atoms with E-state index in [0.29, 0.717) is 24.1 Å². The summed E-state index contributed by atoms with van der Waals surface area (Å²) in [7, 11) is -3.34. The molecular weight excluding hydrogens is 479 g/mol. The second kappa shape index (κ2) is 14.0. The number of benzene rings is 1. The van der Waals surface area contributed by atoms with Crippen molar-refractivity contribution in [3.63, 3.8) is 0 Å². The number of hydrogen-bond acceptors (Lipinski definition) is 4. The zero-order chi connectivity index (χ0) is 19.4. The van der Waals surface area contributed by atoms with Crippen molar-refractivity contribution < 1.29 is 13.5 Å². The molecule has 1 rings (SSSR count). The Hall–Kier alpha value is -1.07. The third-order valence-electron chi connectivity index (χ3n) is 3.86. The standard InChI is InChI=1S/C18H32N4O3S.HI/c1-4-8-15(11-12-23)13-20-18(19-5-2)21-14-16-9-6-7-10-17(16)22-26(3,24)25;/h6-7,9-10,15,22-23H,4-5,8,11-14H2,1-3H3,(H2,19,20,21);1H. The van der Waals surface area contributed by atoms with Crippen LogP contribution in [0.5, 0.6) is 0 Å². The van der Waals surface area contributed by atoms with Gasteiger partial charge in [0, 0.05) is 19.7 Å². The maximum absolute atomic E-state index is 11.5. The van der Waals surface area contributed by atoms with Crippen LogP contribution in [0.15, 0.2) is 29.3 Å². The maximum atomic E-state index is 11.5. The summed E-state index contributed by atoms with van der Waals surface area (Å²) in [5.74, 6) is 1.08. The fourth-order valence-electron chi connectivity index (χ4n) is 2.64. The van der Waals surface area contributed by atoms with Gasteiger partial charge in [0.1, 0.15) is 0 Å². The summed E-state index contributed by atoms with van der Waals surface area (Å²) in [5.41, 5.74) is 1.34. The largest absolute Gasteiger partial charge is 0.396 e. The summed E-state index contributed by atoms with van der Waals surface area (Å²) in [6.07, 6.45) is 4.02. The minimum absolute atomic E-state index is 0. The van der Waals surface area contributed by atoms with Crippen LogP contribution in [0.4, 0.5) is 5.69 Å². The lowest BCUT2D eigenvalue weighted by Crippen LogP contribution is -2.40. The number of aliphatic imine (C=N–C) groups is 1. The van der Waals surface area contributed by atoms with Crippen LogP contribution >= 0.6 is 24.0 Å². The summed E-state index contributed by atoms with van der Waals surface area (Å²) in [5, 5.41) is 15.7. The van der Waals surface area contributed by atoms with Crippen molar-refractivity contribution in [3.8, 4) is 0 Å². The van der Waals surface area contributed by atoms with Gasteiger partial charge in [-0.1, -0.05) is 31.5 Å². The Balaban J connectivity index is 0.00000676. The fourth-order valence-corrected chi connectivity index (χ4v) is 3.24. The number of rotatable bonds is 11. The van der Waals surface area contributed by atoms with Gasteiger partial charge in [0.05, 0.1) is 18.5 Å². The summed E-state index contributed by atoms with van der Waals surface area (Å²) in [4.78, 5) is 4.56. The second-order valence-corrected chi connectivity index (χ2v) is 8.02. The first-order valence-corrected chi connectivity index (χ1v) is 11.0. The zero-order valence-corrected chi connectivity index (χ0v) is 19.5. The Bertz CT molecular complexity index is 662. The fraction of sp³-hybridized carbons (Fsp3) is 0.611. The van der Waals surface area contributed by atoms with Gasteiger partial charge in [-0.2, -0.15) is 0 Å². The van der Waals surface area contributed by atoms with Crippen molar-refractivity contribution >= 4 is 45.6 Å². The summed E-state index contributed by atoms with van der Waals surface area (Å²) in [6.45, 7) is 6.14. The lowest BCUT2D eigenvalue weighted by atomic mass is 10.0. The van der Waals surface area contributed by atoms with Crippen molar-refractivity contribution in [2.45, 2.75) is 39.7 Å². The molecule has 0 aliphatic rings. The molecule has 1 aromatic rings. The highest BCUT2D eigenvalue weighted by molar-refractivity contribution is 14.0. The Morgan fingerprint density at radius 3 is 2.48 bits per heavy atom. The van der Waals surface area contributed by atoms with Gasteiger partial charge < -0.3 is 15.7 Å². The third kappa shape index (κ3) is 11.4. The van der Waals surface area contributed by atoms with Gasteiger partial charge in [-0.05, 0) is 37.3 Å². The molecule has 0 fully saturated rings. The molecule has 0 saturated heterocycles. The molecule has 0 radical (unpaired) electrons. The number of hydrogen-bond donors (Lipinski definition) is 4. The number of halogens is 1. The molecule has 156 valence electrons. The van der Waals surface area contributed by atoms with Gasteiger partial charge in [-0.25, -0.2) is 13.4 Å². The molecule has 27 heavy (non-hydrogen) atoms. The predicted molar refractivity (Wildman–Crippen MR) is 123 cm³/mol. The van der Waals surface area contributed by atoms with E-state index in [2.05, 4.69) is 27.3 Å². The molecule has 1 unspecified atom stereocenters. The van der Waals surface area contributed by atoms with Gasteiger partial charge >= 0.3 is 0 Å². The van der Waals surface area contributed by atoms with E-state index in [9.17, 15) is 13.5 Å². The SMILES string of the molecule is CCCC(CCO)CNC(=NCc1ccccc1NS(C)(=O)=O)NCC.I. The third-order valence-corrected chi connectivity index (χ3v) is 4.45. The molecule has 0 spiro atoms. The molecule has 0 amide bonds. The smallest absolute Gasteiger partial charge is 0.229 e. The topological polar surface area (TPSA) is 103 Å². The monoisotopic (exact) mass is 512 g/mol. The Morgan fingerprint density at radius 1 is 1.19 bits per heavy atom. The highest BCUT2D eigenvalue weighted by Crippen LogP contribution is 2.17. The molecule has 1 aromatic carbocycles. The molecule has 0 aliphatic heterocycles. The quantitative estimate of drug-likeness (QED) is 0.207. The van der Waals surface area contributed by atoms with Crippen molar-refractivity contribution in [2.75, 3.05) is 30.7 Å². The normalized spacial score (nSPS) is 12.8. The molecule has 0 aliphatic carbocycles. The van der Waals surface area contributed by atoms with E-state index in [1.54, 1.807) is 12.1 Å². The van der Waals surface area contributed by atoms with Gasteiger partial charge in [-0.15, -0.1) is 24.0 Å². The summed E-state index contributed by atoms with van der Waals surface area (Å²) < 4.78 is 25.5. The van der Waals surface area contributed by atoms with Crippen LogP contribution in [0.25, 0.3) is 0 Å². The van der Waals surface area contributed by atoms with E-state index >= 15 is 0 Å². The minimum atomic E-state index is -3.34. The molecule has 0 aromatic heterocycles. The maximum Gasteiger partial charge on any atom is 0.229 e. The van der Waals surface area contributed by atoms with Crippen molar-refractivity contribution in [1.82, 2.24) is 10.6 Å². The van der Waals surface area contributed by atoms with Gasteiger partial charge in [-0.3, -0.25) is 4.72 Å². The highest BCUT2D eigenvalue weighted by atomic mass is 127. The van der Waals surface area contributed by atoms with Crippen molar-refractivity contribution in [2.24, 2.45) is 10.9 Å². The lowest BCUT2D eigenvalue weighted by Gasteiger charge is -2.18. The molecule has 0 saturated carbocycles. The van der Waals surface area contributed by atoms with E-state index in [4.69, 9.17) is 0 Å². The number of anilines is 1. The first-order chi connectivity index (χ1) is 12.4. The van der Waals surface area contributed by atoms with E-state index in [1.165, 1.54) is 0 Å². The average Bonchev–Trinajstić information content (AvgIpc) is 2.57. The van der Waals surface area contributed by atoms with E-state index < -0.39 is 10.0 Å². The van der Waals surface area contributed by atoms with Gasteiger partial charge in [0.15, 0.2) is 5.96 Å². The molecular formula is C18H33IN4O3S. The number of para-hydroxylation sites is 1. The van der Waals surface area contributed by atoms with Crippen LogP contribution < -0.4 is 15.4 Å². The van der Waals surface area contributed by atoms with E-state index in [0.717, 1.165) is 44.2 Å². The van der Waals surface area contributed by atoms with Crippen LogP contribution in [-0.4, -0.2) is 45.4 Å². The van der Waals surface area contributed by atoms with E-state index in [-0.39, 0.29) is 30.6 Å². The van der Waals surface area contributed by atoms with Crippen LogP contribution in [0, 0.1) is 5.92 Å². The summed E-state index contributed by atoms with van der Waals surface area (Å²) >= 11 is 0. The molecule has 9 heteroatoms. The summed E-state index contributed by atoms with van der Waals surface area (Å²) in [6, 6.07) is 7.22. The number of sulfonamides is 1. The second-order valence-electron chi connectivity index (χ2n) is 6.27. The Kier molecular flexibility index (Phi) is 13.4. The minimum Gasteiger partial charge on any atom is -0.396 e. The van der Waals surface area contributed by atoms with Crippen LogP contribution in [-0.2, 0) is 16.6 Å². The van der Waals surface area contributed by atoms with Crippen LogP contribution in [0.3, 0.4) is 0 Å². The molecule has 7 nitrogen and oxygen atoms in total. The molecule has 1 atom stereocenters. The Labute approximate surface area is 180 Å². The highest BCUT2D eigenvalue weighted by Gasteiger charge is 2.09. The molecule has 0 bridgehead atoms. The van der Waals surface area contributed by atoms with Crippen molar-refractivity contribution in [3.05, 3.63) is 29.8 Å². The van der Waals surface area contributed by atoms with Crippen LogP contribution in [0.1, 0.15) is 38.7 Å². The Morgan fingerprint density at radius 2 is 1.89 bits per heavy atom. The van der Waals surface area contributed by atoms with Crippen LogP contribution in [0.2, 0.25) is 0 Å². The van der Waals surface area contributed by atoms with Crippen molar-refractivity contribution in [1.29, 1.82) is 0 Å². The van der Waals surface area contributed by atoms with Gasteiger partial charge in [0.2, 0.25) is 10.0 Å². The number of aliphatic hydroxyl groups excluding tert-OH is 1. The number of nitrogens with zero attached hydrogens (tertiary/aromatic N) is 1. The number of guanidine groups is 1. The number of aliphatic hydroxyl groups is 1. The average molecular weight is 512 g/mol. The van der Waals surface area contributed by atoms with E-state index in [1.807, 2.05) is 19.1 Å². The predicted octanol–water partition coefficient (Wildman–Crippen LogP) is 2.53. The first-order valence-electron chi connectivity index (χ1n) is 9.08. The number of nitrogens with one attached hydrogen (secondary N) is 3. The lowest BCUT2D eigenvalue weighted by molar-refractivity contribution is 0.251. The van der Waals surface area contributed by atoms with Gasteiger partial charge in [0.25, 0.3) is 0 Å². The zero-order valence-electron chi connectivity index (χ0n) is 16.4. The first kappa shape index (κ1) is 25.9. The molecule has 4 N–H and O–H groups in total. The molecule has 0 heterocycles.